The second-order valence-corrected chi connectivity index (χ2v) is 1.01. The molecule has 0 spiro atoms. The van der Waals surface area contributed by atoms with Crippen LogP contribution in [0.5, 0.6) is 0 Å². The van der Waals surface area contributed by atoms with Gasteiger partial charge in [0.2, 0.25) is 0 Å². The number of hydrogen-bond donors (Lipinski definition) is 2. The van der Waals surface area contributed by atoms with Gasteiger partial charge < -0.3 is 15.7 Å². The van der Waals surface area contributed by atoms with Crippen LogP contribution in [-0.2, 0) is 27.2 Å². The van der Waals surface area contributed by atoms with Crippen LogP contribution in [0.4, 0.5) is 0 Å². The Balaban J connectivity index is -0.000000125. The number of carboxylic acids is 1. The Bertz CT molecular complexity index is 62.3. The van der Waals surface area contributed by atoms with Gasteiger partial charge in [0.15, 0.2) is 0 Å². The standard InChI is InChI=1S/C3H6O3.Ag.H2O/c1-2(4)3(5)6;;/h2,4H,1H3,(H,5,6);;1H2. The summed E-state index contributed by atoms with van der Waals surface area (Å²) in [4.78, 5) is 9.45. The molecule has 0 heterocycles. The van der Waals surface area contributed by atoms with Gasteiger partial charge in [0.1, 0.15) is 6.10 Å². The van der Waals surface area contributed by atoms with E-state index in [0.29, 0.717) is 0 Å². The summed E-state index contributed by atoms with van der Waals surface area (Å²) in [5, 5.41) is 15.8. The van der Waals surface area contributed by atoms with E-state index in [9.17, 15) is 4.79 Å². The summed E-state index contributed by atoms with van der Waals surface area (Å²) < 4.78 is 0. The molecule has 0 aromatic heterocycles. The summed E-state index contributed by atoms with van der Waals surface area (Å²) in [6.45, 7) is 1.20. The Kier molecular flexibility index (Phi) is 14.0. The van der Waals surface area contributed by atoms with Gasteiger partial charge in [-0.1, -0.05) is 0 Å². The minimum absolute atomic E-state index is 0. The number of aliphatic hydroxyl groups is 1. The van der Waals surface area contributed by atoms with Crippen molar-refractivity contribution in [1.29, 1.82) is 0 Å². The van der Waals surface area contributed by atoms with E-state index < -0.39 is 12.1 Å². The van der Waals surface area contributed by atoms with Crippen LogP contribution >= 0.6 is 0 Å². The van der Waals surface area contributed by atoms with Crippen molar-refractivity contribution in [2.75, 3.05) is 0 Å². The molecule has 4 nitrogen and oxygen atoms in total. The minimum atomic E-state index is -1.23. The van der Waals surface area contributed by atoms with E-state index in [4.69, 9.17) is 10.2 Å². The summed E-state index contributed by atoms with van der Waals surface area (Å²) in [6, 6.07) is 0. The van der Waals surface area contributed by atoms with Crippen molar-refractivity contribution in [3.05, 3.63) is 0 Å². The van der Waals surface area contributed by atoms with E-state index >= 15 is 0 Å². The summed E-state index contributed by atoms with van der Waals surface area (Å²) in [6.07, 6.45) is -1.23. The van der Waals surface area contributed by atoms with Gasteiger partial charge in [-0.3, -0.25) is 0 Å². The number of carboxylic acid groups (broad SMARTS) is 1. The normalized spacial score (nSPS) is 10.2. The summed E-state index contributed by atoms with van der Waals surface area (Å²) in [7, 11) is 0. The molecule has 0 aromatic rings. The molecule has 0 saturated heterocycles. The topological polar surface area (TPSA) is 89.0 Å². The van der Waals surface area contributed by atoms with Crippen molar-refractivity contribution in [1.82, 2.24) is 0 Å². The number of aliphatic carboxylic acids is 1. The van der Waals surface area contributed by atoms with Crippen LogP contribution in [0.1, 0.15) is 6.92 Å². The molecule has 0 aliphatic rings. The molecule has 1 radical (unpaired) electrons. The molecule has 55 valence electrons. The van der Waals surface area contributed by atoms with E-state index in [0.717, 1.165) is 0 Å². The van der Waals surface area contributed by atoms with E-state index in [2.05, 4.69) is 0 Å². The molecule has 0 aliphatic carbocycles. The Morgan fingerprint density at radius 3 is 1.75 bits per heavy atom. The second-order valence-electron chi connectivity index (χ2n) is 1.01. The van der Waals surface area contributed by atoms with Crippen molar-refractivity contribution >= 4 is 5.97 Å². The molecule has 0 rings (SSSR count). The van der Waals surface area contributed by atoms with Crippen LogP contribution in [0.2, 0.25) is 0 Å². The third kappa shape index (κ3) is 9.46. The molecular weight excluding hydrogens is 208 g/mol. The van der Waals surface area contributed by atoms with E-state index in [-0.39, 0.29) is 27.9 Å². The van der Waals surface area contributed by atoms with Gasteiger partial charge in [0, 0.05) is 22.4 Å². The van der Waals surface area contributed by atoms with Gasteiger partial charge >= 0.3 is 5.97 Å². The number of rotatable bonds is 1. The molecule has 1 unspecified atom stereocenters. The zero-order valence-corrected chi connectivity index (χ0v) is 5.66. The molecule has 5 heteroatoms. The first-order valence-corrected chi connectivity index (χ1v) is 1.55. The van der Waals surface area contributed by atoms with Crippen molar-refractivity contribution < 1.29 is 42.9 Å². The van der Waals surface area contributed by atoms with Crippen LogP contribution in [0.3, 0.4) is 0 Å². The van der Waals surface area contributed by atoms with Gasteiger partial charge in [0.05, 0.1) is 0 Å². The molecule has 0 fully saturated rings. The van der Waals surface area contributed by atoms with Crippen LogP contribution in [0.25, 0.3) is 0 Å². The summed E-state index contributed by atoms with van der Waals surface area (Å²) in [5.74, 6) is -1.19. The van der Waals surface area contributed by atoms with E-state index in [1.807, 2.05) is 0 Å². The summed E-state index contributed by atoms with van der Waals surface area (Å²) in [5.41, 5.74) is 0. The molecule has 0 saturated carbocycles. The second kappa shape index (κ2) is 7.13. The summed E-state index contributed by atoms with van der Waals surface area (Å²) >= 11 is 0. The van der Waals surface area contributed by atoms with Crippen LogP contribution in [0.15, 0.2) is 0 Å². The van der Waals surface area contributed by atoms with Crippen LogP contribution in [-0.4, -0.2) is 27.8 Å². The Morgan fingerprint density at radius 1 is 1.62 bits per heavy atom. The average Bonchev–Trinajstić information content (AvgIpc) is 1.36. The smallest absolute Gasteiger partial charge is 0.332 e. The van der Waals surface area contributed by atoms with Gasteiger partial charge in [-0.05, 0) is 6.92 Å². The molecule has 0 amide bonds. The first kappa shape index (κ1) is 15.7. The third-order valence-corrected chi connectivity index (χ3v) is 0.357. The average molecular weight is 216 g/mol. The number of hydrogen-bond acceptors (Lipinski definition) is 2. The van der Waals surface area contributed by atoms with Crippen molar-refractivity contribution in [2.24, 2.45) is 0 Å². The van der Waals surface area contributed by atoms with Gasteiger partial charge in [-0.2, -0.15) is 0 Å². The molecule has 0 aliphatic heterocycles. The molecule has 4 N–H and O–H groups in total. The molecule has 1 atom stereocenters. The Morgan fingerprint density at radius 2 is 1.75 bits per heavy atom. The van der Waals surface area contributed by atoms with Gasteiger partial charge in [-0.25, -0.2) is 4.79 Å². The largest absolute Gasteiger partial charge is 0.479 e. The Labute approximate surface area is 62.3 Å². The fourth-order valence-electron chi connectivity index (χ4n) is 0. The number of aliphatic hydroxyl groups excluding tert-OH is 1. The first-order valence-electron chi connectivity index (χ1n) is 1.55. The fraction of sp³-hybridized carbons (Fsp3) is 0.667. The predicted octanol–water partition coefficient (Wildman–Crippen LogP) is -1.38. The quantitative estimate of drug-likeness (QED) is 0.529. The minimum Gasteiger partial charge on any atom is -0.479 e. The van der Waals surface area contributed by atoms with E-state index in [1.165, 1.54) is 6.92 Å². The van der Waals surface area contributed by atoms with Crippen molar-refractivity contribution in [3.63, 3.8) is 0 Å². The van der Waals surface area contributed by atoms with Crippen molar-refractivity contribution in [2.45, 2.75) is 13.0 Å². The van der Waals surface area contributed by atoms with Crippen molar-refractivity contribution in [3.8, 4) is 0 Å². The molecule has 0 aromatic carbocycles. The first-order chi connectivity index (χ1) is 2.64. The van der Waals surface area contributed by atoms with Gasteiger partial charge in [-0.15, -0.1) is 0 Å². The zero-order valence-electron chi connectivity index (χ0n) is 4.18. The van der Waals surface area contributed by atoms with Crippen LogP contribution in [0, 0.1) is 0 Å². The molecule has 0 bridgehead atoms. The van der Waals surface area contributed by atoms with Crippen LogP contribution < -0.4 is 0 Å². The SMILES string of the molecule is CC(O)C(=O)O.O.[Ag]. The van der Waals surface area contributed by atoms with E-state index in [1.54, 1.807) is 0 Å². The zero-order chi connectivity index (χ0) is 5.15. The maximum Gasteiger partial charge on any atom is 0.332 e. The number of carbonyl (C=O) groups is 1. The monoisotopic (exact) mass is 215 g/mol. The maximum atomic E-state index is 9.45. The Hall–Kier alpha value is 0.130. The predicted molar refractivity (Wildman–Crippen MR) is 22.9 cm³/mol. The third-order valence-electron chi connectivity index (χ3n) is 0.357. The molecule has 8 heavy (non-hydrogen) atoms. The maximum absolute atomic E-state index is 9.45. The van der Waals surface area contributed by atoms with Gasteiger partial charge in [0.25, 0.3) is 0 Å². The fourth-order valence-corrected chi connectivity index (χ4v) is 0. The molecular formula is C3H8AgO4.